The van der Waals surface area contributed by atoms with Crippen molar-refractivity contribution in [3.05, 3.63) is 29.8 Å². The van der Waals surface area contributed by atoms with Gasteiger partial charge >= 0.3 is 5.97 Å². The lowest BCUT2D eigenvalue weighted by Gasteiger charge is -2.29. The Morgan fingerprint density at radius 1 is 1.22 bits per heavy atom. The predicted octanol–water partition coefficient (Wildman–Crippen LogP) is 2.99. The highest BCUT2D eigenvalue weighted by atomic mass is 19.2. The maximum absolute atomic E-state index is 13.0. The van der Waals surface area contributed by atoms with Gasteiger partial charge in [-0.25, -0.2) is 8.78 Å². The van der Waals surface area contributed by atoms with Crippen molar-refractivity contribution < 1.29 is 23.4 Å². The Morgan fingerprint density at radius 3 is 2.61 bits per heavy atom. The smallest absolute Gasteiger partial charge is 0.310 e. The van der Waals surface area contributed by atoms with E-state index in [1.165, 1.54) is 6.07 Å². The van der Waals surface area contributed by atoms with E-state index in [0.29, 0.717) is 12.8 Å². The molecule has 0 aliphatic heterocycles. The number of rotatable bonds is 3. The Labute approximate surface area is 103 Å². The molecule has 2 rings (SSSR count). The van der Waals surface area contributed by atoms with Crippen LogP contribution in [0.3, 0.4) is 0 Å². The number of ether oxygens (including phenoxy) is 1. The van der Waals surface area contributed by atoms with E-state index in [1.54, 1.807) is 0 Å². The summed E-state index contributed by atoms with van der Waals surface area (Å²) in [6.45, 7) is 0. The van der Waals surface area contributed by atoms with Crippen LogP contribution in [0.15, 0.2) is 18.2 Å². The lowest BCUT2D eigenvalue weighted by molar-refractivity contribution is -0.146. The zero-order chi connectivity index (χ0) is 13.1. The van der Waals surface area contributed by atoms with Gasteiger partial charge in [-0.1, -0.05) is 6.42 Å². The van der Waals surface area contributed by atoms with Crippen LogP contribution < -0.4 is 4.74 Å². The van der Waals surface area contributed by atoms with Crippen LogP contribution in [0.2, 0.25) is 0 Å². The van der Waals surface area contributed by atoms with Gasteiger partial charge in [0, 0.05) is 6.07 Å². The van der Waals surface area contributed by atoms with Crippen LogP contribution in [0.4, 0.5) is 8.78 Å². The Balaban J connectivity index is 2.10. The first-order chi connectivity index (χ1) is 8.58. The van der Waals surface area contributed by atoms with Gasteiger partial charge in [-0.05, 0) is 31.4 Å². The fraction of sp³-hybridized carbons (Fsp3) is 0.462. The number of benzene rings is 1. The van der Waals surface area contributed by atoms with Crippen molar-refractivity contribution in [2.75, 3.05) is 0 Å². The zero-order valence-electron chi connectivity index (χ0n) is 9.73. The lowest BCUT2D eigenvalue weighted by atomic mass is 9.86. The van der Waals surface area contributed by atoms with Gasteiger partial charge in [-0.3, -0.25) is 4.79 Å². The Morgan fingerprint density at radius 2 is 1.94 bits per heavy atom. The number of carbonyl (C=O) groups is 1. The molecular formula is C13H14F2O3. The van der Waals surface area contributed by atoms with E-state index in [2.05, 4.69) is 0 Å². The third-order valence-corrected chi connectivity index (χ3v) is 3.20. The van der Waals surface area contributed by atoms with Crippen LogP contribution in [-0.4, -0.2) is 17.2 Å². The number of hydrogen-bond acceptors (Lipinski definition) is 2. The van der Waals surface area contributed by atoms with Crippen molar-refractivity contribution >= 4 is 5.97 Å². The summed E-state index contributed by atoms with van der Waals surface area (Å²) in [6, 6.07) is 3.23. The molecule has 3 nitrogen and oxygen atoms in total. The Kier molecular flexibility index (Phi) is 3.79. The first-order valence-electron chi connectivity index (χ1n) is 5.92. The molecule has 0 spiro atoms. The molecule has 0 saturated heterocycles. The van der Waals surface area contributed by atoms with Crippen molar-refractivity contribution in [1.82, 2.24) is 0 Å². The van der Waals surface area contributed by atoms with E-state index in [1.807, 2.05) is 0 Å². The minimum absolute atomic E-state index is 0.173. The Bertz CT molecular complexity index is 448. The number of carboxylic acids is 1. The number of carboxylic acid groups (broad SMARTS) is 1. The van der Waals surface area contributed by atoms with E-state index >= 15 is 0 Å². The molecule has 98 valence electrons. The first-order valence-corrected chi connectivity index (χ1v) is 5.92. The molecule has 1 fully saturated rings. The largest absolute Gasteiger partial charge is 0.489 e. The van der Waals surface area contributed by atoms with Gasteiger partial charge in [0.2, 0.25) is 0 Å². The highest BCUT2D eigenvalue weighted by Gasteiger charge is 2.32. The van der Waals surface area contributed by atoms with Crippen molar-refractivity contribution in [3.63, 3.8) is 0 Å². The molecule has 1 aromatic rings. The van der Waals surface area contributed by atoms with Crippen LogP contribution in [0, 0.1) is 17.6 Å². The highest BCUT2D eigenvalue weighted by molar-refractivity contribution is 5.70. The fourth-order valence-electron chi connectivity index (χ4n) is 2.25. The SMILES string of the molecule is O=C(O)C1CCCCC1Oc1ccc(F)c(F)c1. The van der Waals surface area contributed by atoms with Crippen molar-refractivity contribution in [3.8, 4) is 5.75 Å². The summed E-state index contributed by atoms with van der Waals surface area (Å²) in [4.78, 5) is 11.1. The van der Waals surface area contributed by atoms with Gasteiger partial charge in [0.25, 0.3) is 0 Å². The first kappa shape index (κ1) is 12.8. The third-order valence-electron chi connectivity index (χ3n) is 3.20. The molecule has 1 aliphatic rings. The standard InChI is InChI=1S/C13H14F2O3/c14-10-6-5-8(7-11(10)15)18-12-4-2-1-3-9(12)13(16)17/h5-7,9,12H,1-4H2,(H,16,17). The van der Waals surface area contributed by atoms with Gasteiger partial charge in [0.15, 0.2) is 11.6 Å². The summed E-state index contributed by atoms with van der Waals surface area (Å²) in [6.07, 6.45) is 2.45. The van der Waals surface area contributed by atoms with Crippen LogP contribution in [0.5, 0.6) is 5.75 Å². The van der Waals surface area contributed by atoms with Crippen LogP contribution in [0.1, 0.15) is 25.7 Å². The van der Waals surface area contributed by atoms with Gasteiger partial charge in [0.1, 0.15) is 11.9 Å². The molecule has 2 atom stereocenters. The fourth-order valence-corrected chi connectivity index (χ4v) is 2.25. The van der Waals surface area contributed by atoms with E-state index in [-0.39, 0.29) is 5.75 Å². The molecule has 0 heterocycles. The quantitative estimate of drug-likeness (QED) is 0.904. The summed E-state index contributed by atoms with van der Waals surface area (Å²) in [5, 5.41) is 9.07. The lowest BCUT2D eigenvalue weighted by Crippen LogP contribution is -2.35. The van der Waals surface area contributed by atoms with Gasteiger partial charge in [0.05, 0.1) is 5.92 Å². The summed E-state index contributed by atoms with van der Waals surface area (Å²) >= 11 is 0. The van der Waals surface area contributed by atoms with Gasteiger partial charge in [-0.2, -0.15) is 0 Å². The maximum Gasteiger partial charge on any atom is 0.310 e. The molecule has 1 N–H and O–H groups in total. The molecule has 2 unspecified atom stereocenters. The molecular weight excluding hydrogens is 242 g/mol. The van der Waals surface area contributed by atoms with Crippen molar-refractivity contribution in [1.29, 1.82) is 0 Å². The molecule has 18 heavy (non-hydrogen) atoms. The number of aliphatic carboxylic acids is 1. The highest BCUT2D eigenvalue weighted by Crippen LogP contribution is 2.29. The van der Waals surface area contributed by atoms with E-state index in [0.717, 1.165) is 25.0 Å². The maximum atomic E-state index is 13.0. The molecule has 5 heteroatoms. The summed E-state index contributed by atoms with van der Waals surface area (Å²) < 4.78 is 31.3. The monoisotopic (exact) mass is 256 g/mol. The second-order valence-electron chi connectivity index (χ2n) is 4.46. The molecule has 1 saturated carbocycles. The van der Waals surface area contributed by atoms with Crippen LogP contribution >= 0.6 is 0 Å². The average Bonchev–Trinajstić information content (AvgIpc) is 2.34. The van der Waals surface area contributed by atoms with Crippen molar-refractivity contribution in [2.45, 2.75) is 31.8 Å². The second-order valence-corrected chi connectivity index (χ2v) is 4.46. The van der Waals surface area contributed by atoms with Crippen LogP contribution in [-0.2, 0) is 4.79 Å². The molecule has 1 aromatic carbocycles. The molecule has 0 radical (unpaired) electrons. The molecule has 0 amide bonds. The molecule has 0 bridgehead atoms. The Hall–Kier alpha value is -1.65. The summed E-state index contributed by atoms with van der Waals surface area (Å²) in [5.74, 6) is -3.24. The van der Waals surface area contributed by atoms with Gasteiger partial charge < -0.3 is 9.84 Å². The summed E-state index contributed by atoms with van der Waals surface area (Å²) in [7, 11) is 0. The topological polar surface area (TPSA) is 46.5 Å². The molecule has 1 aliphatic carbocycles. The van der Waals surface area contributed by atoms with E-state index in [9.17, 15) is 13.6 Å². The van der Waals surface area contributed by atoms with Crippen molar-refractivity contribution in [2.24, 2.45) is 5.92 Å². The zero-order valence-corrected chi connectivity index (χ0v) is 9.73. The van der Waals surface area contributed by atoms with E-state index < -0.39 is 29.6 Å². The van der Waals surface area contributed by atoms with Crippen LogP contribution in [0.25, 0.3) is 0 Å². The van der Waals surface area contributed by atoms with Gasteiger partial charge in [-0.15, -0.1) is 0 Å². The predicted molar refractivity (Wildman–Crippen MR) is 60.4 cm³/mol. The van der Waals surface area contributed by atoms with E-state index in [4.69, 9.17) is 9.84 Å². The summed E-state index contributed by atoms with van der Waals surface area (Å²) in [5.41, 5.74) is 0. The number of hydrogen-bond donors (Lipinski definition) is 1. The second kappa shape index (κ2) is 5.33. The molecule has 0 aromatic heterocycles. The normalized spacial score (nSPS) is 23.7. The number of halogens is 2. The minimum Gasteiger partial charge on any atom is -0.489 e. The average molecular weight is 256 g/mol. The minimum atomic E-state index is -0.991. The third kappa shape index (κ3) is 2.78.